The zero-order chi connectivity index (χ0) is 22.9. The molecule has 12 heteroatoms. The van der Waals surface area contributed by atoms with Gasteiger partial charge in [-0.15, -0.1) is 0 Å². The van der Waals surface area contributed by atoms with E-state index >= 15 is 0 Å². The fraction of sp³-hybridized carbons (Fsp3) is 0.238. The summed E-state index contributed by atoms with van der Waals surface area (Å²) in [4.78, 5) is 40.7. The fourth-order valence-corrected chi connectivity index (χ4v) is 3.29. The van der Waals surface area contributed by atoms with Gasteiger partial charge >= 0.3 is 11.7 Å². The number of carboxylic acids is 1. The molecular formula is C21H20N8O4. The summed E-state index contributed by atoms with van der Waals surface area (Å²) < 4.78 is 1.53. The maximum Gasteiger partial charge on any atom is 0.326 e. The van der Waals surface area contributed by atoms with Crippen LogP contribution < -0.4 is 21.8 Å². The topological polar surface area (TPSA) is 174 Å². The molecule has 0 spiro atoms. The number of nitrogens with zero attached hydrogens (tertiary/aromatic N) is 5. The van der Waals surface area contributed by atoms with Crippen LogP contribution in [-0.4, -0.2) is 51.8 Å². The normalized spacial score (nSPS) is 14.8. The Morgan fingerprint density at radius 1 is 1.21 bits per heavy atom. The van der Waals surface area contributed by atoms with Crippen molar-refractivity contribution in [3.63, 3.8) is 0 Å². The van der Waals surface area contributed by atoms with Crippen molar-refractivity contribution >= 4 is 23.6 Å². The van der Waals surface area contributed by atoms with E-state index in [1.54, 1.807) is 24.4 Å². The van der Waals surface area contributed by atoms with Gasteiger partial charge in [-0.3, -0.25) is 9.78 Å². The van der Waals surface area contributed by atoms with Gasteiger partial charge in [0.1, 0.15) is 5.69 Å². The molecule has 1 aliphatic rings. The molecule has 1 aromatic carbocycles. The molecule has 33 heavy (non-hydrogen) atoms. The molecule has 5 rings (SSSR count). The van der Waals surface area contributed by atoms with Crippen LogP contribution in [-0.2, 0) is 17.8 Å². The number of carbonyl (C=O) groups is 1. The molecule has 1 aliphatic carbocycles. The minimum absolute atomic E-state index is 0.0258. The number of carboxylic acid groups (broad SMARTS) is 1. The van der Waals surface area contributed by atoms with Gasteiger partial charge in [0.25, 0.3) is 5.62 Å². The Kier molecular flexibility index (Phi) is 5.09. The lowest BCUT2D eigenvalue weighted by Crippen LogP contribution is -2.24. The average molecular weight is 448 g/mol. The van der Waals surface area contributed by atoms with Gasteiger partial charge in [0.2, 0.25) is 11.8 Å². The van der Waals surface area contributed by atoms with E-state index in [4.69, 9.17) is 5.11 Å². The summed E-state index contributed by atoms with van der Waals surface area (Å²) in [5.41, 5.74) is 2.22. The SMILES string of the molecule is O=C(O)Cc1ccc(CNc2nc(=NC3CC3)n3ncc(=Cc4[nH]c(=O)[nH]c4O)c3n2)cc1. The van der Waals surface area contributed by atoms with E-state index < -0.39 is 11.7 Å². The summed E-state index contributed by atoms with van der Waals surface area (Å²) in [6.07, 6.45) is 5.09. The number of rotatable bonds is 7. The fourth-order valence-electron chi connectivity index (χ4n) is 3.29. The number of aliphatic carboxylic acids is 1. The van der Waals surface area contributed by atoms with Crippen LogP contribution >= 0.6 is 0 Å². The van der Waals surface area contributed by atoms with Crippen molar-refractivity contribution in [2.45, 2.75) is 31.8 Å². The quantitative estimate of drug-likeness (QED) is 0.256. The Labute approximate surface area is 185 Å². The van der Waals surface area contributed by atoms with E-state index in [2.05, 4.69) is 35.3 Å². The van der Waals surface area contributed by atoms with Crippen molar-refractivity contribution < 1.29 is 15.0 Å². The summed E-state index contributed by atoms with van der Waals surface area (Å²) in [6.45, 7) is 0.422. The Balaban J connectivity index is 1.49. The number of benzene rings is 1. The second-order valence-corrected chi connectivity index (χ2v) is 7.77. The maximum atomic E-state index is 11.4. The predicted octanol–water partition coefficient (Wildman–Crippen LogP) is -0.304. The summed E-state index contributed by atoms with van der Waals surface area (Å²) in [7, 11) is 0. The number of hydrogen-bond acceptors (Lipinski definition) is 8. The van der Waals surface area contributed by atoms with E-state index in [-0.39, 0.29) is 24.0 Å². The zero-order valence-corrected chi connectivity index (χ0v) is 17.3. The zero-order valence-electron chi connectivity index (χ0n) is 17.3. The van der Waals surface area contributed by atoms with Crippen LogP contribution in [0.25, 0.3) is 11.7 Å². The highest BCUT2D eigenvalue weighted by atomic mass is 16.4. The Morgan fingerprint density at radius 2 is 1.97 bits per heavy atom. The van der Waals surface area contributed by atoms with Crippen LogP contribution in [0, 0.1) is 0 Å². The number of aromatic hydroxyl groups is 1. The molecular weight excluding hydrogens is 428 g/mol. The van der Waals surface area contributed by atoms with E-state index in [1.807, 2.05) is 12.1 Å². The van der Waals surface area contributed by atoms with Crippen LogP contribution in [0.5, 0.6) is 5.88 Å². The predicted molar refractivity (Wildman–Crippen MR) is 116 cm³/mol. The molecule has 0 saturated heterocycles. The molecule has 0 unspecified atom stereocenters. The molecule has 3 aromatic heterocycles. The molecule has 5 N–H and O–H groups in total. The maximum absolute atomic E-state index is 11.4. The molecule has 3 heterocycles. The number of fused-ring (bicyclic) bond motifs is 1. The number of nitrogens with one attached hydrogen (secondary N) is 3. The van der Waals surface area contributed by atoms with E-state index in [1.165, 1.54) is 4.52 Å². The molecule has 1 fully saturated rings. The number of hydrogen-bond donors (Lipinski definition) is 5. The Morgan fingerprint density at radius 3 is 2.64 bits per heavy atom. The van der Waals surface area contributed by atoms with Crippen LogP contribution in [0.3, 0.4) is 0 Å². The standard InChI is InChI=1S/C21H20N8O4/c30-16(31)7-11-1-3-12(4-2-11)9-22-19-26-17-13(8-15-18(32)27-21(33)25-15)10-23-29(17)20(28-19)24-14-5-6-14/h1-4,8,10,14,32H,5-7,9H2,(H,30,31)(H,22,24,28)(H2,25,27,33). The van der Waals surface area contributed by atoms with Gasteiger partial charge in [0.05, 0.1) is 18.7 Å². The van der Waals surface area contributed by atoms with Gasteiger partial charge in [-0.05, 0) is 30.0 Å². The van der Waals surface area contributed by atoms with E-state index in [0.717, 1.165) is 24.0 Å². The average Bonchev–Trinajstić information content (AvgIpc) is 3.41. The van der Waals surface area contributed by atoms with Crippen molar-refractivity contribution in [1.29, 1.82) is 0 Å². The third kappa shape index (κ3) is 4.59. The number of imidazole rings is 1. The Hall–Kier alpha value is -4.48. The third-order valence-corrected chi connectivity index (χ3v) is 5.09. The highest BCUT2D eigenvalue weighted by Gasteiger charge is 2.21. The highest BCUT2D eigenvalue weighted by Crippen LogP contribution is 2.22. The van der Waals surface area contributed by atoms with Gasteiger partial charge in [-0.1, -0.05) is 24.3 Å². The second-order valence-electron chi connectivity index (χ2n) is 7.77. The van der Waals surface area contributed by atoms with Crippen LogP contribution in [0.15, 0.2) is 40.2 Å². The first-order valence-electron chi connectivity index (χ1n) is 10.3. The lowest BCUT2D eigenvalue weighted by molar-refractivity contribution is -0.136. The summed E-state index contributed by atoms with van der Waals surface area (Å²) in [6, 6.07) is 7.46. The van der Waals surface area contributed by atoms with Gasteiger partial charge < -0.3 is 20.5 Å². The summed E-state index contributed by atoms with van der Waals surface area (Å²) in [5.74, 6) is -0.806. The largest absolute Gasteiger partial charge is 0.493 e. The van der Waals surface area contributed by atoms with E-state index in [9.17, 15) is 14.7 Å². The van der Waals surface area contributed by atoms with Crippen LogP contribution in [0.2, 0.25) is 0 Å². The number of anilines is 1. The van der Waals surface area contributed by atoms with Crippen LogP contribution in [0.1, 0.15) is 29.7 Å². The molecule has 0 aliphatic heterocycles. The molecule has 0 radical (unpaired) electrons. The molecule has 4 aromatic rings. The van der Waals surface area contributed by atoms with Crippen molar-refractivity contribution in [3.05, 3.63) is 68.6 Å². The second kappa shape index (κ2) is 8.22. The smallest absolute Gasteiger partial charge is 0.326 e. The third-order valence-electron chi connectivity index (χ3n) is 5.09. The first-order chi connectivity index (χ1) is 15.9. The summed E-state index contributed by atoms with van der Waals surface area (Å²) >= 11 is 0. The lowest BCUT2D eigenvalue weighted by atomic mass is 10.1. The monoisotopic (exact) mass is 448 g/mol. The highest BCUT2D eigenvalue weighted by molar-refractivity contribution is 5.70. The molecule has 12 nitrogen and oxygen atoms in total. The lowest BCUT2D eigenvalue weighted by Gasteiger charge is -2.06. The number of aromatic nitrogens is 6. The Bertz CT molecular complexity index is 1510. The number of aromatic amines is 2. The molecule has 1 saturated carbocycles. The van der Waals surface area contributed by atoms with Crippen LogP contribution in [0.4, 0.5) is 5.95 Å². The van der Waals surface area contributed by atoms with Gasteiger partial charge in [-0.2, -0.15) is 19.6 Å². The molecule has 0 bridgehead atoms. The van der Waals surface area contributed by atoms with Gasteiger partial charge in [0, 0.05) is 11.8 Å². The number of H-pyrrole nitrogens is 2. The van der Waals surface area contributed by atoms with Gasteiger partial charge in [0.15, 0.2) is 5.65 Å². The first-order valence-corrected chi connectivity index (χ1v) is 10.3. The molecule has 0 amide bonds. The van der Waals surface area contributed by atoms with Gasteiger partial charge in [-0.25, -0.2) is 9.79 Å². The van der Waals surface area contributed by atoms with Crippen molar-refractivity contribution in [3.8, 4) is 5.88 Å². The van der Waals surface area contributed by atoms with E-state index in [0.29, 0.717) is 29.0 Å². The summed E-state index contributed by atoms with van der Waals surface area (Å²) in [5, 5.41) is 26.9. The molecule has 168 valence electrons. The van der Waals surface area contributed by atoms with Crippen molar-refractivity contribution in [1.82, 2.24) is 29.5 Å². The van der Waals surface area contributed by atoms with Crippen molar-refractivity contribution in [2.75, 3.05) is 5.32 Å². The minimum Gasteiger partial charge on any atom is -0.493 e. The van der Waals surface area contributed by atoms with Crippen molar-refractivity contribution in [2.24, 2.45) is 4.99 Å². The first kappa shape index (κ1) is 20.4. The molecule has 0 atom stereocenters. The minimum atomic E-state index is -0.875.